The van der Waals surface area contributed by atoms with E-state index >= 15 is 0 Å². The van der Waals surface area contributed by atoms with E-state index in [1.54, 1.807) is 0 Å². The van der Waals surface area contributed by atoms with E-state index in [2.05, 4.69) is 34.6 Å². The third-order valence-corrected chi connectivity index (χ3v) is 11.2. The van der Waals surface area contributed by atoms with Gasteiger partial charge in [0.2, 0.25) is 0 Å². The molecule has 0 saturated carbocycles. The minimum absolute atomic E-state index is 0.0642. The molecule has 0 aliphatic rings. The number of carbonyl (C=O) groups excluding carboxylic acids is 3. The highest BCUT2D eigenvalue weighted by Crippen LogP contribution is 2.17. The van der Waals surface area contributed by atoms with Crippen LogP contribution in [-0.4, -0.2) is 37.2 Å². The minimum atomic E-state index is -0.760. The predicted octanol–water partition coefficient (Wildman–Crippen LogP) is 15.8. The highest BCUT2D eigenvalue weighted by atomic mass is 16.6. The van der Waals surface area contributed by atoms with Crippen LogP contribution in [0, 0.1) is 11.8 Å². The number of rotatable bonds is 44. The van der Waals surface area contributed by atoms with E-state index in [0.717, 1.165) is 69.6 Å². The second-order valence-corrected chi connectivity index (χ2v) is 18.1. The second kappa shape index (κ2) is 43.0. The summed E-state index contributed by atoms with van der Waals surface area (Å²) in [7, 11) is 0. The Kier molecular flexibility index (Phi) is 41.8. The number of hydrogen-bond acceptors (Lipinski definition) is 6. The lowest BCUT2D eigenvalue weighted by atomic mass is 10.0. The Bertz CT molecular complexity index is 854. The van der Waals surface area contributed by atoms with E-state index in [9.17, 15) is 14.4 Å². The Morgan fingerprint density at radius 1 is 0.339 bits per heavy atom. The lowest BCUT2D eigenvalue weighted by molar-refractivity contribution is -0.167. The first-order valence-electron chi connectivity index (χ1n) is 24.7. The van der Waals surface area contributed by atoms with Gasteiger partial charge in [0, 0.05) is 19.3 Å². The Labute approximate surface area is 348 Å². The first-order valence-corrected chi connectivity index (χ1v) is 24.7. The summed E-state index contributed by atoms with van der Waals surface area (Å²) in [6.07, 6.45) is 42.3. The van der Waals surface area contributed by atoms with E-state index in [-0.39, 0.29) is 31.1 Å². The van der Waals surface area contributed by atoms with E-state index in [4.69, 9.17) is 14.2 Å². The van der Waals surface area contributed by atoms with Crippen LogP contribution in [0.1, 0.15) is 272 Å². The Morgan fingerprint density at radius 3 is 0.875 bits per heavy atom. The first kappa shape index (κ1) is 54.4. The number of unbranched alkanes of at least 4 members (excludes halogenated alkanes) is 29. The van der Waals surface area contributed by atoms with Gasteiger partial charge in [0.25, 0.3) is 0 Å². The van der Waals surface area contributed by atoms with Crippen LogP contribution in [0.5, 0.6) is 0 Å². The summed E-state index contributed by atoms with van der Waals surface area (Å²) in [4.78, 5) is 37.8. The van der Waals surface area contributed by atoms with E-state index < -0.39 is 6.10 Å². The summed E-state index contributed by atoms with van der Waals surface area (Å²) >= 11 is 0. The summed E-state index contributed by atoms with van der Waals surface area (Å²) < 4.78 is 16.8. The summed E-state index contributed by atoms with van der Waals surface area (Å²) in [6.45, 7) is 11.3. The first-order chi connectivity index (χ1) is 27.2. The summed E-state index contributed by atoms with van der Waals surface area (Å²) in [5, 5.41) is 0. The summed E-state index contributed by atoms with van der Waals surface area (Å²) in [6, 6.07) is 0. The molecule has 0 radical (unpaired) electrons. The molecular formula is C50H96O6. The topological polar surface area (TPSA) is 78.9 Å². The highest BCUT2D eigenvalue weighted by molar-refractivity contribution is 5.71. The fourth-order valence-corrected chi connectivity index (χ4v) is 7.46. The molecule has 6 nitrogen and oxygen atoms in total. The van der Waals surface area contributed by atoms with Crippen LogP contribution in [-0.2, 0) is 28.6 Å². The van der Waals surface area contributed by atoms with Crippen molar-refractivity contribution in [2.75, 3.05) is 13.2 Å². The number of ether oxygens (including phenoxy) is 3. The molecular weight excluding hydrogens is 697 g/mol. The van der Waals surface area contributed by atoms with E-state index in [0.29, 0.717) is 19.3 Å². The molecule has 332 valence electrons. The van der Waals surface area contributed by atoms with Gasteiger partial charge >= 0.3 is 17.9 Å². The Hall–Kier alpha value is -1.59. The normalized spacial score (nSPS) is 12.1. The SMILES string of the molecule is CCCCCCCCCCCCCC(=O)O[C@H](COC(=O)CCCCCCCCCCCCCC(C)C)COC(=O)CCCCCCCCCCCCC(C)C. The second-order valence-electron chi connectivity index (χ2n) is 18.1. The zero-order valence-electron chi connectivity index (χ0n) is 38.3. The third-order valence-electron chi connectivity index (χ3n) is 11.2. The average Bonchev–Trinajstić information content (AvgIpc) is 3.16. The standard InChI is InChI=1S/C50H96O6/c1-6-7-8-9-10-11-13-22-27-32-37-42-50(53)56-47(44-55-49(52)41-36-31-26-21-17-16-19-24-29-34-39-46(4)5)43-54-48(51)40-35-30-25-20-15-12-14-18-23-28-33-38-45(2)3/h45-47H,6-44H2,1-5H3/t47-/m1/s1. The van der Waals surface area contributed by atoms with Gasteiger partial charge in [0.15, 0.2) is 6.10 Å². The van der Waals surface area contributed by atoms with E-state index in [1.165, 1.54) is 161 Å². The van der Waals surface area contributed by atoms with Gasteiger partial charge in [-0.05, 0) is 31.1 Å². The molecule has 0 unspecified atom stereocenters. The molecule has 0 aromatic heterocycles. The molecule has 0 aliphatic heterocycles. The van der Waals surface area contributed by atoms with Gasteiger partial charge in [-0.3, -0.25) is 14.4 Å². The maximum Gasteiger partial charge on any atom is 0.306 e. The molecule has 0 bridgehead atoms. The molecule has 56 heavy (non-hydrogen) atoms. The van der Waals surface area contributed by atoms with E-state index in [1.807, 2.05) is 0 Å². The van der Waals surface area contributed by atoms with Gasteiger partial charge in [-0.15, -0.1) is 0 Å². The van der Waals surface area contributed by atoms with Crippen molar-refractivity contribution in [3.63, 3.8) is 0 Å². The van der Waals surface area contributed by atoms with Crippen molar-refractivity contribution in [2.24, 2.45) is 11.8 Å². The van der Waals surface area contributed by atoms with Gasteiger partial charge in [-0.1, -0.05) is 234 Å². The fraction of sp³-hybridized carbons (Fsp3) is 0.940. The lowest BCUT2D eigenvalue weighted by Crippen LogP contribution is -2.30. The molecule has 0 spiro atoms. The molecule has 0 amide bonds. The van der Waals surface area contributed by atoms with Crippen LogP contribution in [0.3, 0.4) is 0 Å². The van der Waals surface area contributed by atoms with Gasteiger partial charge in [-0.25, -0.2) is 0 Å². The smallest absolute Gasteiger partial charge is 0.306 e. The molecule has 0 fully saturated rings. The molecule has 0 rings (SSSR count). The summed E-state index contributed by atoms with van der Waals surface area (Å²) in [5.74, 6) is 0.793. The van der Waals surface area contributed by atoms with Crippen LogP contribution < -0.4 is 0 Å². The van der Waals surface area contributed by atoms with Crippen molar-refractivity contribution in [2.45, 2.75) is 278 Å². The quantitative estimate of drug-likeness (QED) is 0.0347. The lowest BCUT2D eigenvalue weighted by Gasteiger charge is -2.18. The fourth-order valence-electron chi connectivity index (χ4n) is 7.46. The van der Waals surface area contributed by atoms with Crippen LogP contribution in [0.4, 0.5) is 0 Å². The van der Waals surface area contributed by atoms with Crippen LogP contribution in [0.25, 0.3) is 0 Å². The number of esters is 3. The summed E-state index contributed by atoms with van der Waals surface area (Å²) in [5.41, 5.74) is 0. The number of hydrogen-bond donors (Lipinski definition) is 0. The maximum atomic E-state index is 12.7. The van der Waals surface area contributed by atoms with Crippen molar-refractivity contribution in [3.8, 4) is 0 Å². The zero-order valence-corrected chi connectivity index (χ0v) is 38.3. The molecule has 0 aromatic rings. The van der Waals surface area contributed by atoms with Gasteiger partial charge in [0.05, 0.1) is 0 Å². The van der Waals surface area contributed by atoms with Gasteiger partial charge in [0.1, 0.15) is 13.2 Å². The zero-order chi connectivity index (χ0) is 41.2. The molecule has 0 aliphatic carbocycles. The molecule has 0 heterocycles. The Balaban J connectivity index is 4.31. The van der Waals surface area contributed by atoms with Crippen molar-refractivity contribution >= 4 is 17.9 Å². The average molecular weight is 793 g/mol. The van der Waals surface area contributed by atoms with Crippen LogP contribution in [0.2, 0.25) is 0 Å². The van der Waals surface area contributed by atoms with Crippen LogP contribution in [0.15, 0.2) is 0 Å². The van der Waals surface area contributed by atoms with Gasteiger partial charge in [-0.2, -0.15) is 0 Å². The molecule has 1 atom stereocenters. The maximum absolute atomic E-state index is 12.7. The Morgan fingerprint density at radius 2 is 0.589 bits per heavy atom. The largest absolute Gasteiger partial charge is 0.462 e. The predicted molar refractivity (Wildman–Crippen MR) is 238 cm³/mol. The van der Waals surface area contributed by atoms with Crippen molar-refractivity contribution in [1.82, 2.24) is 0 Å². The molecule has 6 heteroatoms. The molecule has 0 N–H and O–H groups in total. The minimum Gasteiger partial charge on any atom is -0.462 e. The third kappa shape index (κ3) is 43.5. The molecule has 0 saturated heterocycles. The highest BCUT2D eigenvalue weighted by Gasteiger charge is 2.19. The van der Waals surface area contributed by atoms with Crippen molar-refractivity contribution in [1.29, 1.82) is 0 Å². The van der Waals surface area contributed by atoms with Crippen molar-refractivity contribution < 1.29 is 28.6 Å². The van der Waals surface area contributed by atoms with Crippen molar-refractivity contribution in [3.05, 3.63) is 0 Å². The van der Waals surface area contributed by atoms with Gasteiger partial charge < -0.3 is 14.2 Å². The number of carbonyl (C=O) groups is 3. The molecule has 0 aromatic carbocycles. The van der Waals surface area contributed by atoms with Crippen LogP contribution >= 0.6 is 0 Å². The monoisotopic (exact) mass is 793 g/mol.